The Morgan fingerprint density at radius 1 is 1.14 bits per heavy atom. The molecule has 3 rings (SSSR count). The molecule has 22 heavy (non-hydrogen) atoms. The summed E-state index contributed by atoms with van der Waals surface area (Å²) in [6.45, 7) is 0. The van der Waals surface area contributed by atoms with Crippen LogP contribution in [0.1, 0.15) is 12.8 Å². The maximum atomic E-state index is 12.3. The number of anilines is 2. The zero-order valence-electron chi connectivity index (χ0n) is 12.1. The molecule has 1 heterocycles. The van der Waals surface area contributed by atoms with Crippen LogP contribution in [0.2, 0.25) is 0 Å². The van der Waals surface area contributed by atoms with Crippen molar-refractivity contribution in [3.8, 4) is 5.75 Å². The van der Waals surface area contributed by atoms with E-state index in [9.17, 15) is 8.42 Å². The minimum Gasteiger partial charge on any atom is -0.497 e. The predicted molar refractivity (Wildman–Crippen MR) is 84.7 cm³/mol. The van der Waals surface area contributed by atoms with Gasteiger partial charge in [0.25, 0.3) is 10.0 Å². The first-order valence-electron chi connectivity index (χ1n) is 6.96. The smallest absolute Gasteiger partial charge is 0.263 e. The number of hydrogen-bond acceptors (Lipinski definition) is 5. The van der Waals surface area contributed by atoms with Crippen LogP contribution in [0.4, 0.5) is 11.5 Å². The van der Waals surface area contributed by atoms with Crippen molar-refractivity contribution in [2.24, 2.45) is 0 Å². The van der Waals surface area contributed by atoms with Gasteiger partial charge in [-0.3, -0.25) is 4.72 Å². The molecule has 2 N–H and O–H groups in total. The lowest BCUT2D eigenvalue weighted by Crippen LogP contribution is -2.14. The fourth-order valence-corrected chi connectivity index (χ4v) is 2.96. The molecule has 6 nitrogen and oxygen atoms in total. The Labute approximate surface area is 129 Å². The summed E-state index contributed by atoms with van der Waals surface area (Å²) >= 11 is 0. The van der Waals surface area contributed by atoms with Crippen LogP contribution in [0.5, 0.6) is 5.75 Å². The average molecular weight is 319 g/mol. The summed E-state index contributed by atoms with van der Waals surface area (Å²) in [5.41, 5.74) is 0.898. The molecule has 1 fully saturated rings. The van der Waals surface area contributed by atoms with E-state index in [0.717, 1.165) is 5.69 Å². The molecule has 1 aliphatic rings. The van der Waals surface area contributed by atoms with Gasteiger partial charge in [0, 0.05) is 6.04 Å². The van der Waals surface area contributed by atoms with Crippen LogP contribution in [0.15, 0.2) is 47.5 Å². The number of rotatable bonds is 6. The van der Waals surface area contributed by atoms with E-state index in [1.807, 2.05) is 6.07 Å². The third-order valence-corrected chi connectivity index (χ3v) is 4.69. The van der Waals surface area contributed by atoms with Gasteiger partial charge in [-0.15, -0.1) is 0 Å². The molecular formula is C15H17N3O3S. The lowest BCUT2D eigenvalue weighted by Gasteiger charge is -2.09. The monoisotopic (exact) mass is 319 g/mol. The number of aromatic nitrogens is 1. The number of nitrogens with one attached hydrogen (secondary N) is 2. The van der Waals surface area contributed by atoms with Crippen molar-refractivity contribution in [2.45, 2.75) is 23.8 Å². The number of hydrogen-bond donors (Lipinski definition) is 2. The van der Waals surface area contributed by atoms with Gasteiger partial charge >= 0.3 is 0 Å². The second kappa shape index (κ2) is 5.84. The largest absolute Gasteiger partial charge is 0.497 e. The summed E-state index contributed by atoms with van der Waals surface area (Å²) < 4.78 is 32.0. The van der Waals surface area contributed by atoms with Gasteiger partial charge in [-0.05, 0) is 49.2 Å². The van der Waals surface area contributed by atoms with Gasteiger partial charge in [-0.25, -0.2) is 13.4 Å². The minimum absolute atomic E-state index is 0.162. The highest BCUT2D eigenvalue weighted by Crippen LogP contribution is 2.25. The molecule has 1 saturated carbocycles. The van der Waals surface area contributed by atoms with E-state index in [1.54, 1.807) is 24.4 Å². The van der Waals surface area contributed by atoms with Crippen molar-refractivity contribution in [1.29, 1.82) is 0 Å². The minimum atomic E-state index is -3.65. The van der Waals surface area contributed by atoms with Gasteiger partial charge in [-0.1, -0.05) is 0 Å². The Morgan fingerprint density at radius 3 is 2.41 bits per heavy atom. The van der Waals surface area contributed by atoms with Crippen LogP contribution in [0, 0.1) is 0 Å². The van der Waals surface area contributed by atoms with E-state index in [1.165, 1.54) is 32.1 Å². The van der Waals surface area contributed by atoms with Crippen LogP contribution in [-0.2, 0) is 10.0 Å². The molecule has 0 amide bonds. The first-order chi connectivity index (χ1) is 10.6. The molecule has 0 saturated heterocycles. The summed E-state index contributed by atoms with van der Waals surface area (Å²) in [5, 5.41) is 3.30. The highest BCUT2D eigenvalue weighted by molar-refractivity contribution is 7.92. The zero-order valence-corrected chi connectivity index (χ0v) is 12.9. The number of benzene rings is 1. The highest BCUT2D eigenvalue weighted by Gasteiger charge is 2.21. The van der Waals surface area contributed by atoms with E-state index >= 15 is 0 Å². The van der Waals surface area contributed by atoms with Crippen molar-refractivity contribution in [1.82, 2.24) is 4.98 Å². The van der Waals surface area contributed by atoms with Crippen LogP contribution < -0.4 is 14.8 Å². The molecule has 0 spiro atoms. The first-order valence-corrected chi connectivity index (χ1v) is 8.44. The van der Waals surface area contributed by atoms with Gasteiger partial charge in [0.2, 0.25) is 0 Å². The number of methoxy groups -OCH3 is 1. The van der Waals surface area contributed by atoms with Crippen LogP contribution in [0.25, 0.3) is 0 Å². The van der Waals surface area contributed by atoms with Gasteiger partial charge < -0.3 is 10.1 Å². The van der Waals surface area contributed by atoms with E-state index in [4.69, 9.17) is 4.74 Å². The van der Waals surface area contributed by atoms with Crippen molar-refractivity contribution in [3.05, 3.63) is 42.6 Å². The van der Waals surface area contributed by atoms with Crippen molar-refractivity contribution >= 4 is 21.5 Å². The van der Waals surface area contributed by atoms with Crippen LogP contribution >= 0.6 is 0 Å². The molecule has 0 atom stereocenters. The number of ether oxygens (including phenoxy) is 1. The van der Waals surface area contributed by atoms with E-state index in [2.05, 4.69) is 15.0 Å². The summed E-state index contributed by atoms with van der Waals surface area (Å²) in [6.07, 6.45) is 3.97. The summed E-state index contributed by atoms with van der Waals surface area (Å²) in [4.78, 5) is 4.29. The third kappa shape index (κ3) is 3.48. The highest BCUT2D eigenvalue weighted by atomic mass is 32.2. The number of pyridine rings is 1. The van der Waals surface area contributed by atoms with Crippen molar-refractivity contribution < 1.29 is 13.2 Å². The predicted octanol–water partition coefficient (Wildman–Crippen LogP) is 2.47. The lowest BCUT2D eigenvalue weighted by molar-refractivity contribution is 0.414. The second-order valence-corrected chi connectivity index (χ2v) is 6.81. The van der Waals surface area contributed by atoms with E-state index in [0.29, 0.717) is 11.8 Å². The molecule has 1 aliphatic carbocycles. The Balaban J connectivity index is 1.72. The Hall–Kier alpha value is -2.28. The molecule has 7 heteroatoms. The molecule has 116 valence electrons. The quantitative estimate of drug-likeness (QED) is 0.855. The number of sulfonamides is 1. The Bertz CT molecular complexity index is 739. The summed E-state index contributed by atoms with van der Waals surface area (Å²) in [5.74, 6) is 0.893. The normalized spacial score (nSPS) is 14.4. The molecule has 0 unspecified atom stereocenters. The van der Waals surface area contributed by atoms with Gasteiger partial charge in [0.1, 0.15) is 11.6 Å². The van der Waals surface area contributed by atoms with Crippen molar-refractivity contribution in [2.75, 3.05) is 17.1 Å². The molecule has 1 aromatic carbocycles. The van der Waals surface area contributed by atoms with Gasteiger partial charge in [0.15, 0.2) is 0 Å². The second-order valence-electron chi connectivity index (χ2n) is 5.13. The maximum absolute atomic E-state index is 12.3. The van der Waals surface area contributed by atoms with Gasteiger partial charge in [-0.2, -0.15) is 0 Å². The third-order valence-electron chi connectivity index (χ3n) is 3.32. The van der Waals surface area contributed by atoms with Gasteiger partial charge in [0.05, 0.1) is 23.9 Å². The molecule has 0 aliphatic heterocycles. The van der Waals surface area contributed by atoms with E-state index in [-0.39, 0.29) is 10.7 Å². The standard InChI is InChI=1S/C15H17N3O3S/c1-21-13-5-7-14(8-6-13)22(19,20)18-15-9-4-12(10-16-15)17-11-2-3-11/h4-11,17H,2-3H2,1H3,(H,16,18). The zero-order chi connectivity index (χ0) is 15.6. The lowest BCUT2D eigenvalue weighted by atomic mass is 10.3. The van der Waals surface area contributed by atoms with Crippen LogP contribution in [0.3, 0.4) is 0 Å². The number of nitrogens with zero attached hydrogens (tertiary/aromatic N) is 1. The first kappa shape index (κ1) is 14.6. The summed E-state index contributed by atoms with van der Waals surface area (Å²) in [7, 11) is -2.12. The Morgan fingerprint density at radius 2 is 1.86 bits per heavy atom. The van der Waals surface area contributed by atoms with Crippen LogP contribution in [-0.4, -0.2) is 26.6 Å². The van der Waals surface area contributed by atoms with E-state index < -0.39 is 10.0 Å². The molecule has 0 radical (unpaired) electrons. The van der Waals surface area contributed by atoms with Crippen molar-refractivity contribution in [3.63, 3.8) is 0 Å². The fraction of sp³-hybridized carbons (Fsp3) is 0.267. The molecule has 2 aromatic rings. The SMILES string of the molecule is COc1ccc(S(=O)(=O)Nc2ccc(NC3CC3)cn2)cc1. The Kier molecular flexibility index (Phi) is 3.89. The maximum Gasteiger partial charge on any atom is 0.263 e. The summed E-state index contributed by atoms with van der Waals surface area (Å²) in [6, 6.07) is 10.2. The molecule has 0 bridgehead atoms. The molecular weight excluding hydrogens is 302 g/mol. The fourth-order valence-electron chi connectivity index (χ4n) is 1.95. The average Bonchev–Trinajstić information content (AvgIpc) is 3.33. The topological polar surface area (TPSA) is 80.3 Å². The molecule has 1 aromatic heterocycles.